The SMILES string of the molecule is NC1(C(=O)O)CCN(C(=O)Cc2ccccc2[N+](=O)[O-])C1. The van der Waals surface area contributed by atoms with Crippen molar-refractivity contribution in [1.29, 1.82) is 0 Å². The molecule has 1 fully saturated rings. The van der Waals surface area contributed by atoms with Crippen LogP contribution in [-0.2, 0) is 16.0 Å². The largest absolute Gasteiger partial charge is 0.480 e. The number of nitrogens with zero attached hydrogens (tertiary/aromatic N) is 2. The number of rotatable bonds is 4. The fourth-order valence-corrected chi connectivity index (χ4v) is 2.33. The first-order valence-electron chi connectivity index (χ1n) is 6.36. The zero-order valence-corrected chi connectivity index (χ0v) is 11.2. The quantitative estimate of drug-likeness (QED) is 0.601. The molecule has 112 valence electrons. The molecule has 0 aromatic heterocycles. The van der Waals surface area contributed by atoms with Crippen LogP contribution in [0.15, 0.2) is 24.3 Å². The molecule has 1 atom stereocenters. The summed E-state index contributed by atoms with van der Waals surface area (Å²) in [5.41, 5.74) is 4.45. The van der Waals surface area contributed by atoms with Crippen LogP contribution in [0.1, 0.15) is 12.0 Å². The predicted molar refractivity (Wildman–Crippen MR) is 72.6 cm³/mol. The Hall–Kier alpha value is -2.48. The van der Waals surface area contributed by atoms with Gasteiger partial charge >= 0.3 is 5.97 Å². The summed E-state index contributed by atoms with van der Waals surface area (Å²) in [5.74, 6) is -1.51. The van der Waals surface area contributed by atoms with Crippen molar-refractivity contribution in [3.63, 3.8) is 0 Å². The van der Waals surface area contributed by atoms with E-state index in [1.165, 1.54) is 23.1 Å². The van der Waals surface area contributed by atoms with Gasteiger partial charge in [0.1, 0.15) is 5.54 Å². The Morgan fingerprint density at radius 3 is 2.67 bits per heavy atom. The molecule has 1 saturated heterocycles. The molecule has 21 heavy (non-hydrogen) atoms. The molecule has 3 N–H and O–H groups in total. The molecule has 1 aromatic carbocycles. The van der Waals surface area contributed by atoms with E-state index in [1.807, 2.05) is 0 Å². The highest BCUT2D eigenvalue weighted by atomic mass is 16.6. The first-order valence-corrected chi connectivity index (χ1v) is 6.36. The number of nitro benzene ring substituents is 1. The van der Waals surface area contributed by atoms with Gasteiger partial charge < -0.3 is 15.7 Å². The maximum atomic E-state index is 12.2. The number of nitro groups is 1. The predicted octanol–water partition coefficient (Wildman–Crippen LogP) is 0.152. The van der Waals surface area contributed by atoms with Gasteiger partial charge in [-0.05, 0) is 6.42 Å². The van der Waals surface area contributed by atoms with Crippen LogP contribution >= 0.6 is 0 Å². The van der Waals surface area contributed by atoms with Crippen molar-refractivity contribution in [1.82, 2.24) is 4.90 Å². The summed E-state index contributed by atoms with van der Waals surface area (Å²) in [6.45, 7) is 0.157. The van der Waals surface area contributed by atoms with Gasteiger partial charge in [-0.15, -0.1) is 0 Å². The van der Waals surface area contributed by atoms with Crippen LogP contribution in [-0.4, -0.2) is 45.4 Å². The third-order valence-corrected chi connectivity index (χ3v) is 3.61. The summed E-state index contributed by atoms with van der Waals surface area (Å²) >= 11 is 0. The third-order valence-electron chi connectivity index (χ3n) is 3.61. The second kappa shape index (κ2) is 5.49. The number of carboxylic acid groups (broad SMARTS) is 1. The molecule has 1 unspecified atom stereocenters. The van der Waals surface area contributed by atoms with Gasteiger partial charge in [0.05, 0.1) is 11.3 Å². The number of carboxylic acids is 1. The average molecular weight is 293 g/mol. The monoisotopic (exact) mass is 293 g/mol. The Labute approximate surface area is 120 Å². The van der Waals surface area contributed by atoms with Gasteiger partial charge in [-0.2, -0.15) is 0 Å². The molecule has 0 bridgehead atoms. The van der Waals surface area contributed by atoms with Crippen molar-refractivity contribution in [2.24, 2.45) is 5.73 Å². The van der Waals surface area contributed by atoms with E-state index in [0.29, 0.717) is 5.56 Å². The van der Waals surface area contributed by atoms with Gasteiger partial charge in [0.15, 0.2) is 0 Å². The Kier molecular flexibility index (Phi) is 3.90. The summed E-state index contributed by atoms with van der Waals surface area (Å²) in [5, 5.41) is 19.9. The van der Waals surface area contributed by atoms with Gasteiger partial charge in [0, 0.05) is 24.7 Å². The number of likely N-dealkylation sites (tertiary alicyclic amines) is 1. The molecule has 1 aliphatic heterocycles. The van der Waals surface area contributed by atoms with E-state index < -0.39 is 16.4 Å². The molecule has 0 saturated carbocycles. The van der Waals surface area contributed by atoms with E-state index in [2.05, 4.69) is 0 Å². The Balaban J connectivity index is 2.10. The van der Waals surface area contributed by atoms with Crippen LogP contribution in [0.3, 0.4) is 0 Å². The minimum atomic E-state index is -1.43. The molecule has 2 rings (SSSR count). The maximum Gasteiger partial charge on any atom is 0.325 e. The van der Waals surface area contributed by atoms with E-state index >= 15 is 0 Å². The van der Waals surface area contributed by atoms with Crippen LogP contribution in [0, 0.1) is 10.1 Å². The Bertz CT molecular complexity index is 603. The number of carbonyl (C=O) groups is 2. The second-order valence-corrected chi connectivity index (χ2v) is 5.09. The number of hydrogen-bond acceptors (Lipinski definition) is 5. The summed E-state index contributed by atoms with van der Waals surface area (Å²) in [6, 6.07) is 5.98. The van der Waals surface area contributed by atoms with E-state index in [0.717, 1.165) is 0 Å². The molecule has 1 aliphatic rings. The molecule has 1 aromatic rings. The van der Waals surface area contributed by atoms with Crippen LogP contribution in [0.2, 0.25) is 0 Å². The first-order chi connectivity index (χ1) is 9.83. The van der Waals surface area contributed by atoms with Crippen LogP contribution in [0.4, 0.5) is 5.69 Å². The molecular formula is C13H15N3O5. The van der Waals surface area contributed by atoms with Crippen molar-refractivity contribution in [2.75, 3.05) is 13.1 Å². The number of benzene rings is 1. The topological polar surface area (TPSA) is 127 Å². The van der Waals surface area contributed by atoms with Crippen LogP contribution in [0.5, 0.6) is 0 Å². The smallest absolute Gasteiger partial charge is 0.325 e. The van der Waals surface area contributed by atoms with Gasteiger partial charge in [-0.25, -0.2) is 0 Å². The molecular weight excluding hydrogens is 278 g/mol. The maximum absolute atomic E-state index is 12.2. The fourth-order valence-electron chi connectivity index (χ4n) is 2.33. The number of aliphatic carboxylic acids is 1. The second-order valence-electron chi connectivity index (χ2n) is 5.09. The summed E-state index contributed by atoms with van der Waals surface area (Å²) in [4.78, 5) is 34.9. The molecule has 1 heterocycles. The van der Waals surface area contributed by atoms with Crippen molar-refractivity contribution in [2.45, 2.75) is 18.4 Å². The number of carbonyl (C=O) groups excluding carboxylic acids is 1. The number of amides is 1. The standard InChI is InChI=1S/C13H15N3O5/c14-13(12(18)19)5-6-15(8-13)11(17)7-9-3-1-2-4-10(9)16(20)21/h1-4H,5-8,14H2,(H,18,19). The Morgan fingerprint density at radius 1 is 1.43 bits per heavy atom. The fraction of sp³-hybridized carbons (Fsp3) is 0.385. The average Bonchev–Trinajstić information content (AvgIpc) is 2.83. The van der Waals surface area contributed by atoms with Gasteiger partial charge in [-0.1, -0.05) is 18.2 Å². The van der Waals surface area contributed by atoms with E-state index in [4.69, 9.17) is 10.8 Å². The summed E-state index contributed by atoms with van der Waals surface area (Å²) in [6.07, 6.45) is 0.0256. The van der Waals surface area contributed by atoms with Crippen LogP contribution < -0.4 is 5.73 Å². The number of hydrogen-bond donors (Lipinski definition) is 2. The zero-order chi connectivity index (χ0) is 15.6. The minimum Gasteiger partial charge on any atom is -0.480 e. The highest BCUT2D eigenvalue weighted by molar-refractivity contribution is 5.84. The lowest BCUT2D eigenvalue weighted by molar-refractivity contribution is -0.385. The lowest BCUT2D eigenvalue weighted by Crippen LogP contribution is -2.50. The third kappa shape index (κ3) is 3.00. The molecule has 8 heteroatoms. The van der Waals surface area contributed by atoms with E-state index in [-0.39, 0.29) is 37.5 Å². The lowest BCUT2D eigenvalue weighted by Gasteiger charge is -2.20. The summed E-state index contributed by atoms with van der Waals surface area (Å²) < 4.78 is 0. The zero-order valence-electron chi connectivity index (χ0n) is 11.2. The molecule has 0 spiro atoms. The van der Waals surface area contributed by atoms with Gasteiger partial charge in [0.2, 0.25) is 5.91 Å². The van der Waals surface area contributed by atoms with Crippen molar-refractivity contribution in [3.8, 4) is 0 Å². The first kappa shape index (κ1) is 14.9. The highest BCUT2D eigenvalue weighted by Crippen LogP contribution is 2.22. The Morgan fingerprint density at radius 2 is 2.10 bits per heavy atom. The summed E-state index contributed by atoms with van der Waals surface area (Å²) in [7, 11) is 0. The lowest BCUT2D eigenvalue weighted by atomic mass is 10.0. The molecule has 8 nitrogen and oxygen atoms in total. The molecule has 1 amide bonds. The van der Waals surface area contributed by atoms with Crippen molar-refractivity contribution in [3.05, 3.63) is 39.9 Å². The highest BCUT2D eigenvalue weighted by Gasteiger charge is 2.42. The van der Waals surface area contributed by atoms with Crippen LogP contribution in [0.25, 0.3) is 0 Å². The van der Waals surface area contributed by atoms with Gasteiger partial charge in [-0.3, -0.25) is 19.7 Å². The van der Waals surface area contributed by atoms with Crippen molar-refractivity contribution < 1.29 is 19.6 Å². The minimum absolute atomic E-state index is 0.0815. The molecule has 0 aliphatic carbocycles. The number of nitrogens with two attached hydrogens (primary N) is 1. The normalized spacial score (nSPS) is 21.3. The van der Waals surface area contributed by atoms with Gasteiger partial charge in [0.25, 0.3) is 5.69 Å². The number of para-hydroxylation sites is 1. The van der Waals surface area contributed by atoms with E-state index in [1.54, 1.807) is 6.07 Å². The molecule has 0 radical (unpaired) electrons. The van der Waals surface area contributed by atoms with Crippen molar-refractivity contribution >= 4 is 17.6 Å². The van der Waals surface area contributed by atoms with E-state index in [9.17, 15) is 19.7 Å².